The molecule has 160 valence electrons. The molecule has 1 amide bonds. The lowest BCUT2D eigenvalue weighted by molar-refractivity contribution is -0.120. The zero-order valence-corrected chi connectivity index (χ0v) is 17.3. The number of carbonyl (C=O) groups excluding carboxylic acids is 1. The van der Waals surface area contributed by atoms with Gasteiger partial charge < -0.3 is 15.1 Å². The number of rotatable bonds is 5. The molecule has 9 heteroatoms. The zero-order valence-electron chi connectivity index (χ0n) is 17.3. The van der Waals surface area contributed by atoms with Crippen LogP contribution in [0, 0.1) is 5.82 Å². The van der Waals surface area contributed by atoms with Gasteiger partial charge in [0.05, 0.1) is 18.9 Å². The molecule has 0 bridgehead atoms. The number of halogens is 1. The van der Waals surface area contributed by atoms with Crippen LogP contribution in [0.1, 0.15) is 30.4 Å². The molecule has 0 saturated carbocycles. The van der Waals surface area contributed by atoms with Crippen LogP contribution in [0.15, 0.2) is 42.9 Å². The quantitative estimate of drug-likeness (QED) is 0.683. The highest BCUT2D eigenvalue weighted by Gasteiger charge is 2.39. The molecule has 2 aliphatic heterocycles. The first-order chi connectivity index (χ1) is 15.1. The number of anilines is 3. The second kappa shape index (κ2) is 7.98. The van der Waals surface area contributed by atoms with Crippen LogP contribution in [0.5, 0.6) is 0 Å². The number of carbonyl (C=O) groups is 1. The summed E-state index contributed by atoms with van der Waals surface area (Å²) >= 11 is 0. The van der Waals surface area contributed by atoms with Gasteiger partial charge in [-0.05, 0) is 37.0 Å². The minimum Gasteiger partial charge on any atom is -0.350 e. The number of hydrogen-bond acceptors (Lipinski definition) is 6. The van der Waals surface area contributed by atoms with E-state index in [1.54, 1.807) is 36.5 Å². The minimum atomic E-state index is -0.245. The highest BCUT2D eigenvalue weighted by Crippen LogP contribution is 2.37. The zero-order chi connectivity index (χ0) is 21.4. The number of aromatic nitrogens is 4. The molecule has 3 aromatic rings. The number of amides is 1. The highest BCUT2D eigenvalue weighted by molar-refractivity contribution is 6.04. The van der Waals surface area contributed by atoms with Crippen molar-refractivity contribution in [1.82, 2.24) is 19.7 Å². The smallest absolute Gasteiger partial charge is 0.249 e. The normalized spacial score (nSPS) is 18.0. The van der Waals surface area contributed by atoms with E-state index >= 15 is 0 Å². The molecule has 2 aromatic heterocycles. The Hall–Kier alpha value is -3.49. The van der Waals surface area contributed by atoms with Crippen LogP contribution in [0.2, 0.25) is 0 Å². The molecule has 0 spiro atoms. The topological polar surface area (TPSA) is 79.2 Å². The Balaban J connectivity index is 1.28. The molecule has 1 atom stereocenters. The summed E-state index contributed by atoms with van der Waals surface area (Å²) in [5.74, 6) is 1.21. The third-order valence-corrected chi connectivity index (χ3v) is 5.90. The van der Waals surface area contributed by atoms with E-state index in [1.807, 2.05) is 10.9 Å². The standard InChI is InChI=1S/C22H24FN7O/c1-28-19-12-25-22(27-20(19)30-9-3-2-4-18(30)21(28)31)24-10-16-11-26-29(14-16)13-15-5-7-17(23)8-6-15/h5-8,11-12,14,18H,2-4,9-10,13H2,1H3,(H,24,25,27). The van der Waals surface area contributed by atoms with Crippen LogP contribution < -0.4 is 15.1 Å². The fraction of sp³-hybridized carbons (Fsp3) is 0.364. The van der Waals surface area contributed by atoms with Crippen LogP contribution in [-0.4, -0.2) is 45.3 Å². The summed E-state index contributed by atoms with van der Waals surface area (Å²) < 4.78 is 14.9. The summed E-state index contributed by atoms with van der Waals surface area (Å²) in [6, 6.07) is 6.29. The van der Waals surface area contributed by atoms with E-state index in [9.17, 15) is 9.18 Å². The lowest BCUT2D eigenvalue weighted by atomic mass is 9.98. The first-order valence-electron chi connectivity index (χ1n) is 10.5. The van der Waals surface area contributed by atoms with Gasteiger partial charge in [0.25, 0.3) is 0 Å². The molecule has 1 fully saturated rings. The number of piperidine rings is 1. The van der Waals surface area contributed by atoms with Crippen molar-refractivity contribution in [3.63, 3.8) is 0 Å². The Morgan fingerprint density at radius 3 is 2.84 bits per heavy atom. The number of likely N-dealkylation sites (N-methyl/N-ethyl adjacent to an activating group) is 1. The molecule has 2 aliphatic rings. The maximum absolute atomic E-state index is 13.1. The SMILES string of the molecule is CN1C(=O)C2CCCCN2c2nc(NCc3cnn(Cc4ccc(F)cc4)c3)ncc21. The molecule has 5 rings (SSSR count). The predicted octanol–water partition coefficient (Wildman–Crippen LogP) is 2.81. The summed E-state index contributed by atoms with van der Waals surface area (Å²) in [6.07, 6.45) is 8.44. The van der Waals surface area contributed by atoms with Crippen molar-refractivity contribution < 1.29 is 9.18 Å². The molecule has 31 heavy (non-hydrogen) atoms. The molecule has 0 radical (unpaired) electrons. The van der Waals surface area contributed by atoms with E-state index in [0.717, 1.165) is 48.4 Å². The summed E-state index contributed by atoms with van der Waals surface area (Å²) in [7, 11) is 1.79. The van der Waals surface area contributed by atoms with Gasteiger partial charge in [-0.15, -0.1) is 0 Å². The van der Waals surface area contributed by atoms with E-state index < -0.39 is 0 Å². The number of benzene rings is 1. The lowest BCUT2D eigenvalue weighted by Gasteiger charge is -2.43. The molecule has 1 aromatic carbocycles. The highest BCUT2D eigenvalue weighted by atomic mass is 19.1. The van der Waals surface area contributed by atoms with Crippen molar-refractivity contribution in [2.24, 2.45) is 0 Å². The van der Waals surface area contributed by atoms with Crippen molar-refractivity contribution in [3.8, 4) is 0 Å². The second-order valence-corrected chi connectivity index (χ2v) is 8.03. The lowest BCUT2D eigenvalue weighted by Crippen LogP contribution is -2.54. The Labute approximate surface area is 179 Å². The van der Waals surface area contributed by atoms with Crippen LogP contribution in [0.25, 0.3) is 0 Å². The maximum Gasteiger partial charge on any atom is 0.249 e. The summed E-state index contributed by atoms with van der Waals surface area (Å²) in [6.45, 7) is 1.94. The number of fused-ring (bicyclic) bond motifs is 3. The maximum atomic E-state index is 13.1. The van der Waals surface area contributed by atoms with Gasteiger partial charge in [-0.25, -0.2) is 9.37 Å². The molecule has 1 N–H and O–H groups in total. The average Bonchev–Trinajstić information content (AvgIpc) is 3.25. The molecule has 1 unspecified atom stereocenters. The predicted molar refractivity (Wildman–Crippen MR) is 115 cm³/mol. The van der Waals surface area contributed by atoms with Gasteiger partial charge >= 0.3 is 0 Å². The van der Waals surface area contributed by atoms with Crippen molar-refractivity contribution in [1.29, 1.82) is 0 Å². The van der Waals surface area contributed by atoms with Gasteiger partial charge in [-0.3, -0.25) is 9.48 Å². The van der Waals surface area contributed by atoms with Gasteiger partial charge in [0.1, 0.15) is 17.5 Å². The number of nitrogens with zero attached hydrogens (tertiary/aromatic N) is 6. The fourth-order valence-corrected chi connectivity index (χ4v) is 4.23. The van der Waals surface area contributed by atoms with E-state index in [2.05, 4.69) is 20.3 Å². The van der Waals surface area contributed by atoms with E-state index in [1.165, 1.54) is 12.1 Å². The third kappa shape index (κ3) is 3.83. The van der Waals surface area contributed by atoms with Crippen LogP contribution in [0.4, 0.5) is 21.8 Å². The first kappa shape index (κ1) is 19.5. The summed E-state index contributed by atoms with van der Waals surface area (Å²) in [5.41, 5.74) is 2.73. The minimum absolute atomic E-state index is 0.116. The van der Waals surface area contributed by atoms with Gasteiger partial charge in [0.2, 0.25) is 11.9 Å². The van der Waals surface area contributed by atoms with Crippen LogP contribution in [0.3, 0.4) is 0 Å². The molecular weight excluding hydrogens is 397 g/mol. The van der Waals surface area contributed by atoms with E-state index in [4.69, 9.17) is 4.98 Å². The monoisotopic (exact) mass is 421 g/mol. The number of hydrogen-bond donors (Lipinski definition) is 1. The Morgan fingerprint density at radius 2 is 2.00 bits per heavy atom. The van der Waals surface area contributed by atoms with Gasteiger partial charge in [-0.2, -0.15) is 10.1 Å². The average molecular weight is 421 g/mol. The molecule has 1 saturated heterocycles. The summed E-state index contributed by atoms with van der Waals surface area (Å²) in [4.78, 5) is 25.6. The first-order valence-corrected chi connectivity index (χ1v) is 10.5. The summed E-state index contributed by atoms with van der Waals surface area (Å²) in [5, 5.41) is 7.64. The van der Waals surface area contributed by atoms with Crippen LogP contribution >= 0.6 is 0 Å². The van der Waals surface area contributed by atoms with E-state index in [0.29, 0.717) is 19.0 Å². The number of nitrogens with one attached hydrogen (secondary N) is 1. The van der Waals surface area contributed by atoms with Crippen molar-refractivity contribution >= 4 is 23.4 Å². The van der Waals surface area contributed by atoms with E-state index in [-0.39, 0.29) is 17.8 Å². The third-order valence-electron chi connectivity index (χ3n) is 5.90. The van der Waals surface area contributed by atoms with Crippen LogP contribution in [-0.2, 0) is 17.9 Å². The van der Waals surface area contributed by atoms with Gasteiger partial charge in [0, 0.05) is 31.9 Å². The molecular formula is C22H24FN7O. The fourth-order valence-electron chi connectivity index (χ4n) is 4.23. The van der Waals surface area contributed by atoms with Gasteiger partial charge in [0.15, 0.2) is 5.82 Å². The second-order valence-electron chi connectivity index (χ2n) is 8.03. The Morgan fingerprint density at radius 1 is 1.16 bits per heavy atom. The Bertz CT molecular complexity index is 1100. The van der Waals surface area contributed by atoms with Crippen molar-refractivity contribution in [2.45, 2.75) is 38.4 Å². The van der Waals surface area contributed by atoms with Crippen molar-refractivity contribution in [2.75, 3.05) is 28.7 Å². The van der Waals surface area contributed by atoms with Gasteiger partial charge in [-0.1, -0.05) is 12.1 Å². The Kier molecular flexibility index (Phi) is 5.01. The molecule has 8 nitrogen and oxygen atoms in total. The molecule has 4 heterocycles. The van der Waals surface area contributed by atoms with Crippen molar-refractivity contribution in [3.05, 3.63) is 59.8 Å². The largest absolute Gasteiger partial charge is 0.350 e. The molecule has 0 aliphatic carbocycles.